The van der Waals surface area contributed by atoms with Crippen LogP contribution in [0.25, 0.3) is 0 Å². The van der Waals surface area contributed by atoms with Gasteiger partial charge in [0, 0.05) is 32.1 Å². The molecule has 0 aromatic heterocycles. The highest BCUT2D eigenvalue weighted by atomic mass is 16.5. The lowest BCUT2D eigenvalue weighted by Crippen LogP contribution is -2.21. The number of ether oxygens (including phenoxy) is 1. The summed E-state index contributed by atoms with van der Waals surface area (Å²) < 4.78 is 5.76. The van der Waals surface area contributed by atoms with Gasteiger partial charge in [-0.05, 0) is 31.9 Å². The number of carbonyl (C=O) groups excluding carboxylic acids is 1. The number of nitrogens with zero attached hydrogens (tertiary/aromatic N) is 1. The summed E-state index contributed by atoms with van der Waals surface area (Å²) in [6, 6.07) is 5.97. The molecule has 4 nitrogen and oxygen atoms in total. The third-order valence-corrected chi connectivity index (χ3v) is 2.95. The number of carbonyl (C=O) groups is 1. The topological polar surface area (TPSA) is 55.6 Å². The summed E-state index contributed by atoms with van der Waals surface area (Å²) in [6.45, 7) is 4.49. The molecule has 1 rings (SSSR count). The molecule has 1 atom stereocenters. The van der Waals surface area contributed by atoms with Crippen molar-refractivity contribution < 1.29 is 9.53 Å². The molecule has 1 aromatic rings. The molecular formula is C15H24N2O2. The van der Waals surface area contributed by atoms with Gasteiger partial charge in [-0.2, -0.15) is 0 Å². The lowest BCUT2D eigenvalue weighted by Gasteiger charge is -2.15. The third-order valence-electron chi connectivity index (χ3n) is 2.95. The first-order chi connectivity index (χ1) is 8.91. The molecule has 1 unspecified atom stereocenters. The van der Waals surface area contributed by atoms with Crippen LogP contribution in [0.4, 0.5) is 0 Å². The lowest BCUT2D eigenvalue weighted by atomic mass is 10.1. The highest BCUT2D eigenvalue weighted by Crippen LogP contribution is 2.25. The molecule has 0 spiro atoms. The van der Waals surface area contributed by atoms with Crippen molar-refractivity contribution in [3.05, 3.63) is 29.3 Å². The largest absolute Gasteiger partial charge is 0.493 e. The van der Waals surface area contributed by atoms with Gasteiger partial charge in [0.2, 0.25) is 5.91 Å². The predicted molar refractivity (Wildman–Crippen MR) is 77.2 cm³/mol. The Bertz CT molecular complexity index is 428. The van der Waals surface area contributed by atoms with Crippen LogP contribution < -0.4 is 10.5 Å². The van der Waals surface area contributed by atoms with Crippen LogP contribution in [-0.4, -0.2) is 31.5 Å². The van der Waals surface area contributed by atoms with Crippen molar-refractivity contribution in [3.63, 3.8) is 0 Å². The molecule has 1 aromatic carbocycles. The molecule has 0 fully saturated rings. The number of rotatable bonds is 6. The van der Waals surface area contributed by atoms with Gasteiger partial charge < -0.3 is 15.4 Å². The Morgan fingerprint density at radius 2 is 2.11 bits per heavy atom. The number of nitrogens with two attached hydrogens (primary N) is 1. The van der Waals surface area contributed by atoms with E-state index in [0.717, 1.165) is 16.9 Å². The van der Waals surface area contributed by atoms with E-state index in [4.69, 9.17) is 10.5 Å². The van der Waals surface area contributed by atoms with Crippen LogP contribution in [0.1, 0.15) is 36.9 Å². The number of hydrogen-bond acceptors (Lipinski definition) is 3. The van der Waals surface area contributed by atoms with Crippen LogP contribution in [0.3, 0.4) is 0 Å². The molecule has 19 heavy (non-hydrogen) atoms. The van der Waals surface area contributed by atoms with E-state index in [-0.39, 0.29) is 11.9 Å². The molecule has 0 aliphatic heterocycles. The summed E-state index contributed by atoms with van der Waals surface area (Å²) in [5, 5.41) is 0. The maximum Gasteiger partial charge on any atom is 0.222 e. The molecule has 0 saturated heterocycles. The van der Waals surface area contributed by atoms with Crippen molar-refractivity contribution in [3.8, 4) is 5.75 Å². The van der Waals surface area contributed by atoms with Crippen LogP contribution in [0, 0.1) is 6.92 Å². The van der Waals surface area contributed by atoms with Crippen LogP contribution >= 0.6 is 0 Å². The highest BCUT2D eigenvalue weighted by Gasteiger charge is 2.09. The van der Waals surface area contributed by atoms with Crippen molar-refractivity contribution >= 4 is 5.91 Å². The Morgan fingerprint density at radius 1 is 1.42 bits per heavy atom. The average Bonchev–Trinajstić information content (AvgIpc) is 2.33. The summed E-state index contributed by atoms with van der Waals surface area (Å²) in [5.74, 6) is 0.951. The quantitative estimate of drug-likeness (QED) is 0.802. The Hall–Kier alpha value is -1.55. The summed E-state index contributed by atoms with van der Waals surface area (Å²) in [6.07, 6.45) is 1.22. The number of aryl methyl sites for hydroxylation is 1. The Morgan fingerprint density at radius 3 is 2.68 bits per heavy atom. The first kappa shape index (κ1) is 15.5. The van der Waals surface area contributed by atoms with Gasteiger partial charge in [-0.1, -0.05) is 12.1 Å². The second kappa shape index (κ2) is 7.14. The Kier molecular flexibility index (Phi) is 5.83. The van der Waals surface area contributed by atoms with Gasteiger partial charge in [0.25, 0.3) is 0 Å². The molecular weight excluding hydrogens is 240 g/mol. The number of benzene rings is 1. The minimum atomic E-state index is -0.0565. The summed E-state index contributed by atoms with van der Waals surface area (Å²) in [7, 11) is 3.52. The van der Waals surface area contributed by atoms with Crippen LogP contribution in [0.5, 0.6) is 5.75 Å². The van der Waals surface area contributed by atoms with Crippen molar-refractivity contribution in [2.24, 2.45) is 5.73 Å². The van der Waals surface area contributed by atoms with E-state index in [1.165, 1.54) is 0 Å². The van der Waals surface area contributed by atoms with Crippen LogP contribution in [0.2, 0.25) is 0 Å². The average molecular weight is 264 g/mol. The maximum absolute atomic E-state index is 11.4. The smallest absolute Gasteiger partial charge is 0.222 e. The Labute approximate surface area is 115 Å². The summed E-state index contributed by atoms with van der Waals surface area (Å²) >= 11 is 0. The van der Waals surface area contributed by atoms with E-state index < -0.39 is 0 Å². The normalized spacial score (nSPS) is 12.1. The third kappa shape index (κ3) is 4.91. The number of amides is 1. The molecule has 0 radical (unpaired) electrons. The first-order valence-corrected chi connectivity index (χ1v) is 6.61. The van der Waals surface area contributed by atoms with Gasteiger partial charge in [0.1, 0.15) is 5.75 Å². The minimum absolute atomic E-state index is 0.0565. The van der Waals surface area contributed by atoms with Crippen molar-refractivity contribution in [1.82, 2.24) is 4.90 Å². The Balaban J connectivity index is 2.53. The fourth-order valence-electron chi connectivity index (χ4n) is 1.77. The van der Waals surface area contributed by atoms with Gasteiger partial charge >= 0.3 is 0 Å². The molecule has 1 amide bonds. The molecule has 0 saturated carbocycles. The molecule has 0 aliphatic carbocycles. The fourth-order valence-corrected chi connectivity index (χ4v) is 1.77. The SMILES string of the molecule is Cc1ccc(C(C)N)c(OCCCC(=O)N(C)C)c1. The predicted octanol–water partition coefficient (Wildman–Crippen LogP) is 2.26. The summed E-state index contributed by atoms with van der Waals surface area (Å²) in [4.78, 5) is 13.0. The van der Waals surface area contributed by atoms with E-state index >= 15 is 0 Å². The number of hydrogen-bond donors (Lipinski definition) is 1. The highest BCUT2D eigenvalue weighted by molar-refractivity contribution is 5.75. The zero-order chi connectivity index (χ0) is 14.4. The fraction of sp³-hybridized carbons (Fsp3) is 0.533. The summed E-state index contributed by atoms with van der Waals surface area (Å²) in [5.41, 5.74) is 8.06. The van der Waals surface area contributed by atoms with Gasteiger partial charge in [0.15, 0.2) is 0 Å². The van der Waals surface area contributed by atoms with Crippen molar-refractivity contribution in [1.29, 1.82) is 0 Å². The zero-order valence-corrected chi connectivity index (χ0v) is 12.3. The second-order valence-corrected chi connectivity index (χ2v) is 5.07. The first-order valence-electron chi connectivity index (χ1n) is 6.61. The minimum Gasteiger partial charge on any atom is -0.493 e. The van der Waals surface area contributed by atoms with Crippen molar-refractivity contribution in [2.45, 2.75) is 32.7 Å². The monoisotopic (exact) mass is 264 g/mol. The molecule has 0 heterocycles. The van der Waals surface area contributed by atoms with E-state index in [1.54, 1.807) is 19.0 Å². The standard InChI is InChI=1S/C15H24N2O2/c1-11-7-8-13(12(2)16)14(10-11)19-9-5-6-15(18)17(3)4/h7-8,10,12H,5-6,9,16H2,1-4H3. The van der Waals surface area contributed by atoms with Crippen molar-refractivity contribution in [2.75, 3.05) is 20.7 Å². The molecule has 2 N–H and O–H groups in total. The second-order valence-electron chi connectivity index (χ2n) is 5.07. The van der Waals surface area contributed by atoms with Gasteiger partial charge in [-0.25, -0.2) is 0 Å². The molecule has 4 heteroatoms. The van der Waals surface area contributed by atoms with Gasteiger partial charge in [-0.15, -0.1) is 0 Å². The molecule has 0 aliphatic rings. The maximum atomic E-state index is 11.4. The van der Waals surface area contributed by atoms with E-state index in [1.807, 2.05) is 32.0 Å². The zero-order valence-electron chi connectivity index (χ0n) is 12.3. The van der Waals surface area contributed by atoms with Crippen LogP contribution in [0.15, 0.2) is 18.2 Å². The van der Waals surface area contributed by atoms with Gasteiger partial charge in [-0.3, -0.25) is 4.79 Å². The van der Waals surface area contributed by atoms with Gasteiger partial charge in [0.05, 0.1) is 6.61 Å². The molecule has 106 valence electrons. The van der Waals surface area contributed by atoms with Crippen LogP contribution in [-0.2, 0) is 4.79 Å². The van der Waals surface area contributed by atoms with E-state index in [0.29, 0.717) is 19.4 Å². The van der Waals surface area contributed by atoms with E-state index in [9.17, 15) is 4.79 Å². The molecule has 0 bridgehead atoms. The van der Waals surface area contributed by atoms with E-state index in [2.05, 4.69) is 0 Å². The lowest BCUT2D eigenvalue weighted by molar-refractivity contribution is -0.128.